The summed E-state index contributed by atoms with van der Waals surface area (Å²) >= 11 is 0. The maximum atomic E-state index is 13.1. The van der Waals surface area contributed by atoms with Crippen molar-refractivity contribution < 1.29 is 19.2 Å². The summed E-state index contributed by atoms with van der Waals surface area (Å²) < 4.78 is 10.1. The van der Waals surface area contributed by atoms with Gasteiger partial charge in [0.25, 0.3) is 11.5 Å². The van der Waals surface area contributed by atoms with Crippen molar-refractivity contribution in [2.75, 3.05) is 27.4 Å². The van der Waals surface area contributed by atoms with Crippen LogP contribution >= 0.6 is 0 Å². The molecule has 1 aromatic heterocycles. The lowest BCUT2D eigenvalue weighted by molar-refractivity contribution is -0.385. The van der Waals surface area contributed by atoms with E-state index >= 15 is 0 Å². The third-order valence-electron chi connectivity index (χ3n) is 4.48. The number of hydrogen-bond donors (Lipinski definition) is 1. The monoisotopic (exact) mass is 412 g/mol. The average Bonchev–Trinajstić information content (AvgIpc) is 2.75. The van der Waals surface area contributed by atoms with E-state index < -0.39 is 10.8 Å². The van der Waals surface area contributed by atoms with E-state index in [1.54, 1.807) is 24.3 Å². The first kappa shape index (κ1) is 20.9. The zero-order valence-corrected chi connectivity index (χ0v) is 16.5. The maximum absolute atomic E-state index is 13.1. The van der Waals surface area contributed by atoms with Gasteiger partial charge in [0.1, 0.15) is 5.82 Å². The molecule has 0 aliphatic heterocycles. The van der Waals surface area contributed by atoms with Crippen molar-refractivity contribution in [1.82, 2.24) is 14.9 Å². The first-order valence-corrected chi connectivity index (χ1v) is 9.03. The van der Waals surface area contributed by atoms with Crippen molar-refractivity contribution in [3.8, 4) is 5.75 Å². The second kappa shape index (κ2) is 9.14. The third kappa shape index (κ3) is 4.44. The molecule has 3 aromatic rings. The number of benzene rings is 2. The number of aromatic amines is 1. The highest BCUT2D eigenvalue weighted by molar-refractivity contribution is 5.95. The van der Waals surface area contributed by atoms with E-state index in [1.807, 2.05) is 0 Å². The van der Waals surface area contributed by atoms with E-state index in [-0.39, 0.29) is 42.3 Å². The Morgan fingerprint density at radius 1 is 1.23 bits per heavy atom. The third-order valence-corrected chi connectivity index (χ3v) is 4.48. The molecule has 0 bridgehead atoms. The molecule has 156 valence electrons. The molecule has 0 spiro atoms. The van der Waals surface area contributed by atoms with Crippen LogP contribution in [0.25, 0.3) is 10.9 Å². The first-order chi connectivity index (χ1) is 14.4. The number of nitro groups is 1. The van der Waals surface area contributed by atoms with Crippen molar-refractivity contribution in [2.24, 2.45) is 0 Å². The Morgan fingerprint density at radius 2 is 2.00 bits per heavy atom. The summed E-state index contributed by atoms with van der Waals surface area (Å²) in [5, 5.41) is 11.7. The Hall–Kier alpha value is -3.79. The summed E-state index contributed by atoms with van der Waals surface area (Å²) in [5.41, 5.74) is -0.000630. The minimum atomic E-state index is -0.614. The largest absolute Gasteiger partial charge is 0.490 e. The number of H-pyrrole nitrogens is 1. The number of para-hydroxylation sites is 1. The van der Waals surface area contributed by atoms with Gasteiger partial charge in [0.2, 0.25) is 0 Å². The minimum absolute atomic E-state index is 0.00208. The number of nitrogens with zero attached hydrogens (tertiary/aromatic N) is 3. The molecular formula is C20H20N4O6. The van der Waals surface area contributed by atoms with E-state index in [0.29, 0.717) is 16.7 Å². The van der Waals surface area contributed by atoms with Crippen molar-refractivity contribution in [3.05, 3.63) is 74.3 Å². The number of nitro benzene ring substituents is 1. The quantitative estimate of drug-likeness (QED) is 0.443. The van der Waals surface area contributed by atoms with E-state index in [4.69, 9.17) is 9.47 Å². The highest BCUT2D eigenvalue weighted by Crippen LogP contribution is 2.28. The summed E-state index contributed by atoms with van der Waals surface area (Å²) in [6.45, 7) is 0.440. The summed E-state index contributed by atoms with van der Waals surface area (Å²) in [7, 11) is 2.81. The first-order valence-electron chi connectivity index (χ1n) is 9.03. The number of methoxy groups -OCH3 is 2. The van der Waals surface area contributed by atoms with Crippen LogP contribution in [0.15, 0.2) is 47.3 Å². The SMILES string of the molecule is COCCN(Cc1nc2ccccc2c(=O)[nH]1)C(=O)c1ccc(OC)c([N+](=O)[O-])c1. The molecule has 0 saturated carbocycles. The Labute approximate surface area is 171 Å². The zero-order chi connectivity index (χ0) is 21.7. The maximum Gasteiger partial charge on any atom is 0.311 e. The molecule has 0 atom stereocenters. The lowest BCUT2D eigenvalue weighted by Gasteiger charge is -2.22. The van der Waals surface area contributed by atoms with Gasteiger partial charge in [0.15, 0.2) is 5.75 Å². The number of aromatic nitrogens is 2. The molecule has 0 aliphatic carbocycles. The van der Waals surface area contributed by atoms with Crippen molar-refractivity contribution in [2.45, 2.75) is 6.54 Å². The summed E-state index contributed by atoms with van der Waals surface area (Å²) in [6, 6.07) is 10.9. The summed E-state index contributed by atoms with van der Waals surface area (Å²) in [4.78, 5) is 44.5. The van der Waals surface area contributed by atoms with E-state index in [0.717, 1.165) is 6.07 Å². The van der Waals surface area contributed by atoms with E-state index in [1.165, 1.54) is 31.3 Å². The Morgan fingerprint density at radius 3 is 2.70 bits per heavy atom. The minimum Gasteiger partial charge on any atom is -0.490 e. The van der Waals surface area contributed by atoms with Gasteiger partial charge < -0.3 is 19.4 Å². The van der Waals surface area contributed by atoms with Gasteiger partial charge in [-0.25, -0.2) is 4.98 Å². The molecule has 3 rings (SSSR count). The van der Waals surface area contributed by atoms with Crippen molar-refractivity contribution >= 4 is 22.5 Å². The highest BCUT2D eigenvalue weighted by Gasteiger charge is 2.22. The summed E-state index contributed by atoms with van der Waals surface area (Å²) in [5.74, 6) is -0.111. The molecule has 0 saturated heterocycles. The molecule has 1 N–H and O–H groups in total. The van der Waals surface area contributed by atoms with E-state index in [2.05, 4.69) is 9.97 Å². The van der Waals surface area contributed by atoms with Crippen LogP contribution in [0.3, 0.4) is 0 Å². The van der Waals surface area contributed by atoms with Crippen LogP contribution in [0.1, 0.15) is 16.2 Å². The van der Waals surface area contributed by atoms with Crippen LogP contribution < -0.4 is 10.3 Å². The van der Waals surface area contributed by atoms with Gasteiger partial charge in [0.05, 0.1) is 36.1 Å². The number of fused-ring (bicyclic) bond motifs is 1. The molecule has 10 nitrogen and oxygen atoms in total. The van der Waals surface area contributed by atoms with Gasteiger partial charge in [-0.05, 0) is 24.3 Å². The van der Waals surface area contributed by atoms with Gasteiger partial charge in [-0.2, -0.15) is 0 Å². The smallest absolute Gasteiger partial charge is 0.311 e. The zero-order valence-electron chi connectivity index (χ0n) is 16.5. The normalized spacial score (nSPS) is 10.7. The molecular weight excluding hydrogens is 392 g/mol. The Balaban J connectivity index is 1.94. The number of rotatable bonds is 8. The predicted octanol–water partition coefficient (Wildman–Crippen LogP) is 2.13. The lowest BCUT2D eigenvalue weighted by Crippen LogP contribution is -2.34. The van der Waals surface area contributed by atoms with Crippen LogP contribution in [-0.2, 0) is 11.3 Å². The van der Waals surface area contributed by atoms with Crippen molar-refractivity contribution in [3.63, 3.8) is 0 Å². The van der Waals surface area contributed by atoms with Crippen molar-refractivity contribution in [1.29, 1.82) is 0 Å². The van der Waals surface area contributed by atoms with Crippen LogP contribution in [0.4, 0.5) is 5.69 Å². The molecule has 0 unspecified atom stereocenters. The molecule has 0 radical (unpaired) electrons. The van der Waals surface area contributed by atoms with E-state index in [9.17, 15) is 19.7 Å². The highest BCUT2D eigenvalue weighted by atomic mass is 16.6. The number of carbonyl (C=O) groups is 1. The number of carbonyl (C=O) groups excluding carboxylic acids is 1. The topological polar surface area (TPSA) is 128 Å². The standard InChI is InChI=1S/C20H20N4O6/c1-29-10-9-23(12-18-21-15-6-4-3-5-14(15)19(25)22-18)20(26)13-7-8-17(30-2)16(11-13)24(27)28/h3-8,11H,9-10,12H2,1-2H3,(H,21,22,25). The van der Waals surface area contributed by atoms with Gasteiger partial charge in [-0.15, -0.1) is 0 Å². The Kier molecular flexibility index (Phi) is 6.38. The summed E-state index contributed by atoms with van der Waals surface area (Å²) in [6.07, 6.45) is 0. The predicted molar refractivity (Wildman–Crippen MR) is 109 cm³/mol. The number of hydrogen-bond acceptors (Lipinski definition) is 7. The van der Waals surface area contributed by atoms with Gasteiger partial charge in [-0.1, -0.05) is 12.1 Å². The number of nitrogens with one attached hydrogen (secondary N) is 1. The Bertz CT molecular complexity index is 1140. The second-order valence-electron chi connectivity index (χ2n) is 6.39. The molecule has 0 fully saturated rings. The molecule has 0 aliphatic rings. The van der Waals surface area contributed by atoms with Gasteiger partial charge >= 0.3 is 5.69 Å². The molecule has 30 heavy (non-hydrogen) atoms. The van der Waals surface area contributed by atoms with Crippen LogP contribution in [-0.4, -0.2) is 53.1 Å². The van der Waals surface area contributed by atoms with Crippen LogP contribution in [0.5, 0.6) is 5.75 Å². The van der Waals surface area contributed by atoms with Gasteiger partial charge in [0, 0.05) is 25.3 Å². The molecule has 1 amide bonds. The van der Waals surface area contributed by atoms with Crippen LogP contribution in [0.2, 0.25) is 0 Å². The van der Waals surface area contributed by atoms with Gasteiger partial charge in [-0.3, -0.25) is 19.7 Å². The number of amides is 1. The van der Waals surface area contributed by atoms with Crippen LogP contribution in [0, 0.1) is 10.1 Å². The fourth-order valence-electron chi connectivity index (χ4n) is 2.99. The second-order valence-corrected chi connectivity index (χ2v) is 6.39. The fourth-order valence-corrected chi connectivity index (χ4v) is 2.99. The molecule has 2 aromatic carbocycles. The fraction of sp³-hybridized carbons (Fsp3) is 0.250. The molecule has 1 heterocycles. The average molecular weight is 412 g/mol. The molecule has 10 heteroatoms. The number of ether oxygens (including phenoxy) is 2. The lowest BCUT2D eigenvalue weighted by atomic mass is 10.1.